The minimum Gasteiger partial charge on any atom is -0.445 e. The zero-order chi connectivity index (χ0) is 12.7. The fourth-order valence-electron chi connectivity index (χ4n) is 1.17. The SMILES string of the molecule is CN(CC(=O)C=O)C(=O)OCc1ccccc1. The molecule has 0 radical (unpaired) electrons. The van der Waals surface area contributed by atoms with E-state index < -0.39 is 11.9 Å². The molecule has 0 spiro atoms. The lowest BCUT2D eigenvalue weighted by Gasteiger charge is -2.14. The van der Waals surface area contributed by atoms with E-state index in [0.29, 0.717) is 0 Å². The second-order valence-corrected chi connectivity index (χ2v) is 3.48. The molecule has 0 aliphatic carbocycles. The molecular formula is C12H13NO4. The number of likely N-dealkylation sites (N-methyl/N-ethyl adjacent to an activating group) is 1. The van der Waals surface area contributed by atoms with Gasteiger partial charge in [-0.3, -0.25) is 9.59 Å². The van der Waals surface area contributed by atoms with E-state index in [4.69, 9.17) is 4.74 Å². The molecule has 5 nitrogen and oxygen atoms in total. The van der Waals surface area contributed by atoms with Crippen molar-refractivity contribution in [1.29, 1.82) is 0 Å². The van der Waals surface area contributed by atoms with Crippen LogP contribution in [-0.2, 0) is 20.9 Å². The van der Waals surface area contributed by atoms with Gasteiger partial charge in [-0.2, -0.15) is 0 Å². The average molecular weight is 235 g/mol. The lowest BCUT2D eigenvalue weighted by molar-refractivity contribution is -0.130. The van der Waals surface area contributed by atoms with Crippen LogP contribution in [0.5, 0.6) is 0 Å². The molecule has 0 unspecified atom stereocenters. The van der Waals surface area contributed by atoms with Gasteiger partial charge in [0.1, 0.15) is 6.61 Å². The number of rotatable bonds is 5. The molecule has 1 amide bonds. The van der Waals surface area contributed by atoms with E-state index in [1.807, 2.05) is 30.3 Å². The Balaban J connectivity index is 2.39. The van der Waals surface area contributed by atoms with Crippen molar-refractivity contribution >= 4 is 18.2 Å². The molecule has 17 heavy (non-hydrogen) atoms. The summed E-state index contributed by atoms with van der Waals surface area (Å²) in [7, 11) is 1.40. The van der Waals surface area contributed by atoms with E-state index in [9.17, 15) is 14.4 Å². The third-order valence-corrected chi connectivity index (χ3v) is 2.04. The number of nitrogens with zero attached hydrogens (tertiary/aromatic N) is 1. The molecule has 0 fully saturated rings. The van der Waals surface area contributed by atoms with E-state index in [2.05, 4.69) is 0 Å². The molecule has 5 heteroatoms. The van der Waals surface area contributed by atoms with Gasteiger partial charge in [0.2, 0.25) is 5.78 Å². The number of hydrogen-bond donors (Lipinski definition) is 0. The smallest absolute Gasteiger partial charge is 0.410 e. The van der Waals surface area contributed by atoms with Crippen LogP contribution in [0.25, 0.3) is 0 Å². The molecule has 0 saturated heterocycles. The molecule has 1 rings (SSSR count). The Labute approximate surface area is 99.0 Å². The highest BCUT2D eigenvalue weighted by Gasteiger charge is 2.13. The maximum atomic E-state index is 11.4. The van der Waals surface area contributed by atoms with Gasteiger partial charge in [-0.15, -0.1) is 0 Å². The van der Waals surface area contributed by atoms with E-state index in [1.54, 1.807) is 0 Å². The summed E-state index contributed by atoms with van der Waals surface area (Å²) in [5, 5.41) is 0. The second kappa shape index (κ2) is 6.42. The molecule has 1 aromatic rings. The van der Waals surface area contributed by atoms with Gasteiger partial charge < -0.3 is 9.64 Å². The largest absolute Gasteiger partial charge is 0.445 e. The number of benzene rings is 1. The molecule has 0 aliphatic rings. The summed E-state index contributed by atoms with van der Waals surface area (Å²) >= 11 is 0. The van der Waals surface area contributed by atoms with Crippen LogP contribution in [0.4, 0.5) is 4.79 Å². The van der Waals surface area contributed by atoms with Crippen molar-refractivity contribution in [2.75, 3.05) is 13.6 Å². The summed E-state index contributed by atoms with van der Waals surface area (Å²) in [6.45, 7) is -0.129. The van der Waals surface area contributed by atoms with Crippen LogP contribution in [0.2, 0.25) is 0 Å². The van der Waals surface area contributed by atoms with Crippen molar-refractivity contribution in [3.63, 3.8) is 0 Å². The molecule has 0 bridgehead atoms. The van der Waals surface area contributed by atoms with Gasteiger partial charge in [0, 0.05) is 7.05 Å². The van der Waals surface area contributed by atoms with Crippen LogP contribution >= 0.6 is 0 Å². The molecule has 0 N–H and O–H groups in total. The maximum absolute atomic E-state index is 11.4. The third-order valence-electron chi connectivity index (χ3n) is 2.04. The van der Waals surface area contributed by atoms with Gasteiger partial charge in [0.05, 0.1) is 6.54 Å². The number of Topliss-reactive ketones (excluding diaryl/α,β-unsaturated/α-hetero) is 1. The number of carbonyl (C=O) groups excluding carboxylic acids is 3. The summed E-state index contributed by atoms with van der Waals surface area (Å²) in [5.41, 5.74) is 0.857. The first-order chi connectivity index (χ1) is 8.13. The van der Waals surface area contributed by atoms with Crippen molar-refractivity contribution in [2.24, 2.45) is 0 Å². The topological polar surface area (TPSA) is 63.7 Å². The first-order valence-corrected chi connectivity index (χ1v) is 5.03. The van der Waals surface area contributed by atoms with E-state index >= 15 is 0 Å². The first kappa shape index (κ1) is 12.9. The van der Waals surface area contributed by atoms with Gasteiger partial charge in [-0.1, -0.05) is 30.3 Å². The summed E-state index contributed by atoms with van der Waals surface area (Å²) in [6.07, 6.45) is -0.454. The van der Waals surface area contributed by atoms with Crippen LogP contribution < -0.4 is 0 Å². The van der Waals surface area contributed by atoms with Crippen molar-refractivity contribution < 1.29 is 19.1 Å². The maximum Gasteiger partial charge on any atom is 0.410 e. The van der Waals surface area contributed by atoms with Gasteiger partial charge >= 0.3 is 6.09 Å². The normalized spacial score (nSPS) is 9.47. The minimum absolute atomic E-state index is 0.138. The van der Waals surface area contributed by atoms with Crippen molar-refractivity contribution in [3.8, 4) is 0 Å². The number of ether oxygens (including phenoxy) is 1. The Morgan fingerprint density at radius 3 is 2.53 bits per heavy atom. The van der Waals surface area contributed by atoms with Crippen LogP contribution in [0.3, 0.4) is 0 Å². The average Bonchev–Trinajstić information content (AvgIpc) is 2.36. The number of amides is 1. The fraction of sp³-hybridized carbons (Fsp3) is 0.250. The summed E-state index contributed by atoms with van der Waals surface area (Å²) < 4.78 is 4.95. The van der Waals surface area contributed by atoms with Crippen molar-refractivity contribution in [1.82, 2.24) is 4.90 Å². The lowest BCUT2D eigenvalue weighted by atomic mass is 10.2. The zero-order valence-corrected chi connectivity index (χ0v) is 9.46. The van der Waals surface area contributed by atoms with Crippen LogP contribution in [0.15, 0.2) is 30.3 Å². The molecule has 0 heterocycles. The van der Waals surface area contributed by atoms with Crippen LogP contribution in [0.1, 0.15) is 5.56 Å². The Bertz CT molecular complexity index is 402. The predicted molar refractivity (Wildman–Crippen MR) is 60.3 cm³/mol. The Morgan fingerprint density at radius 2 is 1.94 bits per heavy atom. The first-order valence-electron chi connectivity index (χ1n) is 5.03. The standard InChI is InChI=1S/C12H13NO4/c1-13(7-11(15)8-14)12(16)17-9-10-5-3-2-4-6-10/h2-6,8H,7,9H2,1H3. The van der Waals surface area contributed by atoms with E-state index in [-0.39, 0.29) is 19.4 Å². The number of hydrogen-bond acceptors (Lipinski definition) is 4. The van der Waals surface area contributed by atoms with Crippen LogP contribution in [-0.4, -0.2) is 36.7 Å². The molecule has 0 saturated carbocycles. The predicted octanol–water partition coefficient (Wildman–Crippen LogP) is 1.02. The highest BCUT2D eigenvalue weighted by Crippen LogP contribution is 2.02. The highest BCUT2D eigenvalue weighted by molar-refractivity contribution is 6.26. The third kappa shape index (κ3) is 4.46. The van der Waals surface area contributed by atoms with Gasteiger partial charge in [0.15, 0.2) is 6.29 Å². The Morgan fingerprint density at radius 1 is 1.29 bits per heavy atom. The Hall–Kier alpha value is -2.17. The van der Waals surface area contributed by atoms with E-state index in [0.717, 1.165) is 10.5 Å². The summed E-state index contributed by atoms with van der Waals surface area (Å²) in [5.74, 6) is -0.663. The highest BCUT2D eigenvalue weighted by atomic mass is 16.6. The van der Waals surface area contributed by atoms with Crippen molar-refractivity contribution in [2.45, 2.75) is 6.61 Å². The number of ketones is 1. The molecule has 0 atom stereocenters. The molecule has 0 aliphatic heterocycles. The van der Waals surface area contributed by atoms with Crippen LogP contribution in [0, 0.1) is 0 Å². The van der Waals surface area contributed by atoms with Crippen molar-refractivity contribution in [3.05, 3.63) is 35.9 Å². The fourth-order valence-corrected chi connectivity index (χ4v) is 1.17. The summed E-state index contributed by atoms with van der Waals surface area (Å²) in [6, 6.07) is 9.18. The lowest BCUT2D eigenvalue weighted by Crippen LogP contribution is -2.32. The number of aldehydes is 1. The zero-order valence-electron chi connectivity index (χ0n) is 9.46. The molecule has 0 aromatic heterocycles. The molecule has 90 valence electrons. The Kier molecular flexibility index (Phi) is 4.87. The number of carbonyl (C=O) groups is 3. The summed E-state index contributed by atoms with van der Waals surface area (Å²) in [4.78, 5) is 33.4. The molecule has 1 aromatic carbocycles. The van der Waals surface area contributed by atoms with Gasteiger partial charge in [-0.25, -0.2) is 4.79 Å². The van der Waals surface area contributed by atoms with Gasteiger partial charge in [0.25, 0.3) is 0 Å². The minimum atomic E-state index is -0.663. The monoisotopic (exact) mass is 235 g/mol. The molecular weight excluding hydrogens is 222 g/mol. The quantitative estimate of drug-likeness (QED) is 0.564. The second-order valence-electron chi connectivity index (χ2n) is 3.48. The van der Waals surface area contributed by atoms with Gasteiger partial charge in [-0.05, 0) is 5.56 Å². The van der Waals surface area contributed by atoms with E-state index in [1.165, 1.54) is 7.05 Å².